The topological polar surface area (TPSA) is 58.4 Å². The Hall–Kier alpha value is -0.400. The van der Waals surface area contributed by atoms with E-state index in [0.29, 0.717) is 4.47 Å². The normalized spacial score (nSPS) is 16.5. The van der Waals surface area contributed by atoms with Gasteiger partial charge in [0.15, 0.2) is 0 Å². The molecule has 2 rings (SSSR count). The summed E-state index contributed by atoms with van der Waals surface area (Å²) < 4.78 is 0.538. The van der Waals surface area contributed by atoms with Crippen LogP contribution in [0.4, 0.5) is 5.69 Å². The molecule has 0 radical (unpaired) electrons. The third-order valence-corrected chi connectivity index (χ3v) is 4.20. The molecule has 0 saturated carbocycles. The van der Waals surface area contributed by atoms with Crippen molar-refractivity contribution in [1.82, 2.24) is 10.2 Å². The number of hydrogen-bond donors (Lipinski definition) is 1. The largest absolute Gasteiger partial charge is 0.314 e. The third kappa shape index (κ3) is 5.07. The molecule has 0 aliphatic carbocycles. The first-order valence-electron chi connectivity index (χ1n) is 6.52. The molecule has 0 amide bonds. The summed E-state index contributed by atoms with van der Waals surface area (Å²) in [5.41, 5.74) is 1.17. The van der Waals surface area contributed by atoms with E-state index in [1.54, 1.807) is 12.1 Å². The Labute approximate surface area is 145 Å². The Bertz CT molecular complexity index is 471. The summed E-state index contributed by atoms with van der Waals surface area (Å²) in [6, 6.07) is 5.71. The number of nitro benzene ring substituents is 1. The molecule has 5 nitrogen and oxygen atoms in total. The van der Waals surface area contributed by atoms with E-state index in [1.165, 1.54) is 0 Å². The first kappa shape index (κ1) is 20.6. The number of benzene rings is 1. The van der Waals surface area contributed by atoms with Gasteiger partial charge in [0.25, 0.3) is 5.69 Å². The van der Waals surface area contributed by atoms with Gasteiger partial charge in [-0.3, -0.25) is 15.0 Å². The van der Waals surface area contributed by atoms with Crippen molar-refractivity contribution in [2.45, 2.75) is 19.4 Å². The maximum atomic E-state index is 11.0. The summed E-state index contributed by atoms with van der Waals surface area (Å²) in [6.07, 6.45) is 0.957. The first-order chi connectivity index (χ1) is 9.13. The lowest BCUT2D eigenvalue weighted by Gasteiger charge is -2.34. The zero-order valence-corrected chi connectivity index (χ0v) is 15.0. The van der Waals surface area contributed by atoms with Crippen LogP contribution < -0.4 is 5.32 Å². The smallest absolute Gasteiger partial charge is 0.283 e. The average Bonchev–Trinajstić information content (AvgIpc) is 2.42. The minimum absolute atomic E-state index is 0. The summed E-state index contributed by atoms with van der Waals surface area (Å²) in [4.78, 5) is 13.1. The van der Waals surface area contributed by atoms with Gasteiger partial charge in [-0.1, -0.05) is 13.0 Å². The predicted octanol–water partition coefficient (Wildman–Crippen LogP) is 3.56. The Morgan fingerprint density at radius 1 is 1.38 bits per heavy atom. The van der Waals surface area contributed by atoms with Gasteiger partial charge in [0.1, 0.15) is 0 Å². The van der Waals surface area contributed by atoms with Crippen molar-refractivity contribution in [3.8, 4) is 0 Å². The molecule has 1 N–H and O–H groups in total. The lowest BCUT2D eigenvalue weighted by Crippen LogP contribution is -2.45. The minimum Gasteiger partial charge on any atom is -0.314 e. The molecule has 1 atom stereocenters. The Morgan fingerprint density at radius 2 is 2.00 bits per heavy atom. The van der Waals surface area contributed by atoms with Crippen LogP contribution in [0.15, 0.2) is 22.7 Å². The van der Waals surface area contributed by atoms with Crippen molar-refractivity contribution in [1.29, 1.82) is 0 Å². The van der Waals surface area contributed by atoms with Crippen LogP contribution >= 0.6 is 40.7 Å². The lowest BCUT2D eigenvalue weighted by molar-refractivity contribution is -0.385. The number of nitrogens with zero attached hydrogens (tertiary/aromatic N) is 2. The molecule has 0 spiro atoms. The Kier molecular flexibility index (Phi) is 9.40. The summed E-state index contributed by atoms with van der Waals surface area (Å²) >= 11 is 3.23. The second-order valence-corrected chi connectivity index (χ2v) is 5.53. The summed E-state index contributed by atoms with van der Waals surface area (Å²) in [5.74, 6) is 0. The molecule has 8 heteroatoms. The molecular weight excluding hydrogens is 381 g/mol. The molecule has 1 aromatic rings. The number of hydrogen-bond acceptors (Lipinski definition) is 4. The lowest BCUT2D eigenvalue weighted by atomic mass is 10.0. The Balaban J connectivity index is 0.00000200. The van der Waals surface area contributed by atoms with Crippen LogP contribution in [-0.4, -0.2) is 36.0 Å². The van der Waals surface area contributed by atoms with Crippen LogP contribution in [0.5, 0.6) is 0 Å². The molecule has 1 fully saturated rings. The predicted molar refractivity (Wildman–Crippen MR) is 92.8 cm³/mol. The first-order valence-corrected chi connectivity index (χ1v) is 7.31. The fraction of sp³-hybridized carbons (Fsp3) is 0.538. The van der Waals surface area contributed by atoms with Gasteiger partial charge in [-0.05, 0) is 34.0 Å². The van der Waals surface area contributed by atoms with Crippen LogP contribution in [0.1, 0.15) is 24.9 Å². The summed E-state index contributed by atoms with van der Waals surface area (Å²) in [6.45, 7) is 6.07. The van der Waals surface area contributed by atoms with Crippen LogP contribution in [0.25, 0.3) is 0 Å². The number of rotatable bonds is 4. The highest BCUT2D eigenvalue weighted by atomic mass is 79.9. The van der Waals surface area contributed by atoms with E-state index in [9.17, 15) is 10.1 Å². The van der Waals surface area contributed by atoms with Crippen molar-refractivity contribution in [3.63, 3.8) is 0 Å². The molecule has 1 heterocycles. The zero-order valence-electron chi connectivity index (χ0n) is 11.8. The van der Waals surface area contributed by atoms with Gasteiger partial charge in [-0.25, -0.2) is 0 Å². The quantitative estimate of drug-likeness (QED) is 0.620. The molecule has 1 saturated heterocycles. The molecule has 120 valence electrons. The SMILES string of the molecule is CC[C@H](c1ccc(Br)c([N+](=O)[O-])c1)N1CCNCC1.Cl.Cl. The fourth-order valence-electron chi connectivity index (χ4n) is 2.58. The van der Waals surface area contributed by atoms with E-state index in [2.05, 4.69) is 33.1 Å². The fourth-order valence-corrected chi connectivity index (χ4v) is 2.97. The van der Waals surface area contributed by atoms with E-state index in [1.807, 2.05) is 6.07 Å². The van der Waals surface area contributed by atoms with Crippen molar-refractivity contribution in [2.24, 2.45) is 0 Å². The molecule has 1 aromatic carbocycles. The van der Waals surface area contributed by atoms with Crippen molar-refractivity contribution in [2.75, 3.05) is 26.2 Å². The highest BCUT2D eigenvalue weighted by Gasteiger charge is 2.23. The van der Waals surface area contributed by atoms with Crippen LogP contribution in [0.3, 0.4) is 0 Å². The number of nitro groups is 1. The minimum atomic E-state index is -0.335. The van der Waals surface area contributed by atoms with Gasteiger partial charge in [0.05, 0.1) is 9.40 Å². The van der Waals surface area contributed by atoms with Crippen molar-refractivity contribution >= 4 is 46.4 Å². The van der Waals surface area contributed by atoms with Gasteiger partial charge >= 0.3 is 0 Å². The second-order valence-electron chi connectivity index (χ2n) is 4.68. The third-order valence-electron chi connectivity index (χ3n) is 3.53. The second kappa shape index (κ2) is 9.58. The molecule has 0 bridgehead atoms. The molecule has 0 aromatic heterocycles. The van der Waals surface area contributed by atoms with E-state index >= 15 is 0 Å². The van der Waals surface area contributed by atoms with Gasteiger partial charge in [-0.2, -0.15) is 0 Å². The highest BCUT2D eigenvalue weighted by Crippen LogP contribution is 2.31. The van der Waals surface area contributed by atoms with E-state index < -0.39 is 0 Å². The van der Waals surface area contributed by atoms with Crippen LogP contribution in [-0.2, 0) is 0 Å². The molecule has 21 heavy (non-hydrogen) atoms. The Morgan fingerprint density at radius 3 is 2.52 bits per heavy atom. The highest BCUT2D eigenvalue weighted by molar-refractivity contribution is 9.10. The monoisotopic (exact) mass is 399 g/mol. The number of nitrogens with one attached hydrogen (secondary N) is 1. The summed E-state index contributed by atoms with van der Waals surface area (Å²) in [5, 5.41) is 14.3. The standard InChI is InChI=1S/C13H18BrN3O2.2ClH/c1-2-12(16-7-5-15-6-8-16)10-3-4-11(14)13(9-10)17(18)19;;/h3-4,9,12,15H,2,5-8H2,1H3;2*1H/t12-;;/m1../s1. The van der Waals surface area contributed by atoms with Crippen molar-refractivity contribution in [3.05, 3.63) is 38.3 Å². The molecule has 0 unspecified atom stereocenters. The molecule has 1 aliphatic heterocycles. The number of piperazine rings is 1. The van der Waals surface area contributed by atoms with Gasteiger partial charge in [-0.15, -0.1) is 24.8 Å². The molecule has 1 aliphatic rings. The van der Waals surface area contributed by atoms with E-state index in [0.717, 1.165) is 38.2 Å². The van der Waals surface area contributed by atoms with Gasteiger partial charge < -0.3 is 5.32 Å². The van der Waals surface area contributed by atoms with Gasteiger partial charge in [0.2, 0.25) is 0 Å². The van der Waals surface area contributed by atoms with Crippen molar-refractivity contribution < 1.29 is 4.92 Å². The maximum Gasteiger partial charge on any atom is 0.283 e. The zero-order chi connectivity index (χ0) is 13.8. The van der Waals surface area contributed by atoms with Gasteiger partial charge in [0, 0.05) is 38.3 Å². The molecular formula is C13H20BrCl2N3O2. The maximum absolute atomic E-state index is 11.0. The van der Waals surface area contributed by atoms with E-state index in [4.69, 9.17) is 0 Å². The average molecular weight is 401 g/mol. The van der Waals surface area contributed by atoms with E-state index in [-0.39, 0.29) is 41.5 Å². The van der Waals surface area contributed by atoms with Crippen LogP contribution in [0.2, 0.25) is 0 Å². The van der Waals surface area contributed by atoms with Crippen LogP contribution in [0, 0.1) is 10.1 Å². The number of halogens is 3. The summed E-state index contributed by atoms with van der Waals surface area (Å²) in [7, 11) is 0.